The zero-order chi connectivity index (χ0) is 43.5. The molecule has 0 aromatic carbocycles. The van der Waals surface area contributed by atoms with Gasteiger partial charge in [0.05, 0.1) is 34.4 Å². The van der Waals surface area contributed by atoms with Gasteiger partial charge in [0.1, 0.15) is 6.61 Å². The highest BCUT2D eigenvalue weighted by atomic mass is 16.6. The van der Waals surface area contributed by atoms with E-state index in [0.29, 0.717) is 12.8 Å². The van der Waals surface area contributed by atoms with Crippen molar-refractivity contribution in [2.24, 2.45) is 0 Å². The lowest BCUT2D eigenvalue weighted by atomic mass is 10.1. The van der Waals surface area contributed by atoms with Crippen molar-refractivity contribution in [2.45, 2.75) is 193 Å². The predicted molar refractivity (Wildman–Crippen MR) is 247 cm³/mol. The number of likely N-dealkylation sites (N-methyl/N-ethyl adjacent to an activating group) is 1. The molecule has 1 N–H and O–H groups in total. The summed E-state index contributed by atoms with van der Waals surface area (Å²) in [6.45, 7) is 4.55. The normalized spacial score (nSPS) is 13.6. The third-order valence-corrected chi connectivity index (χ3v) is 10.1. The molecule has 59 heavy (non-hydrogen) atoms. The van der Waals surface area contributed by atoms with Gasteiger partial charge in [-0.05, 0) is 77.0 Å². The van der Waals surface area contributed by atoms with Gasteiger partial charge in [-0.1, -0.05) is 157 Å². The Bertz CT molecular complexity index is 1190. The highest BCUT2D eigenvalue weighted by Crippen LogP contribution is 2.14. The predicted octanol–water partition coefficient (Wildman–Crippen LogP) is 13.1. The Morgan fingerprint density at radius 3 is 1.53 bits per heavy atom. The summed E-state index contributed by atoms with van der Waals surface area (Å²) in [5.74, 6) is -1.52. The van der Waals surface area contributed by atoms with Crippen LogP contribution < -0.4 is 0 Å². The minimum Gasteiger partial charge on any atom is -0.477 e. The molecule has 0 amide bonds. The quantitative estimate of drug-likeness (QED) is 0.0215. The van der Waals surface area contributed by atoms with Gasteiger partial charge in [0, 0.05) is 19.3 Å². The van der Waals surface area contributed by atoms with Gasteiger partial charge in [0.25, 0.3) is 0 Å². The second-order valence-electron chi connectivity index (χ2n) is 16.7. The molecule has 0 radical (unpaired) electrons. The highest BCUT2D eigenvalue weighted by molar-refractivity contribution is 5.72. The molecule has 0 rings (SSSR count). The van der Waals surface area contributed by atoms with Gasteiger partial charge >= 0.3 is 17.9 Å². The molecule has 0 aromatic rings. The van der Waals surface area contributed by atoms with Crippen molar-refractivity contribution >= 4 is 17.9 Å². The molecule has 0 saturated heterocycles. The number of carboxylic acid groups (broad SMARTS) is 1. The molecule has 2 unspecified atom stereocenters. The molecule has 8 nitrogen and oxygen atoms in total. The van der Waals surface area contributed by atoms with E-state index in [0.717, 1.165) is 70.6 Å². The van der Waals surface area contributed by atoms with Gasteiger partial charge in [-0.3, -0.25) is 9.59 Å². The molecule has 0 bridgehead atoms. The lowest BCUT2D eigenvalue weighted by Crippen LogP contribution is -2.50. The van der Waals surface area contributed by atoms with Crippen molar-refractivity contribution in [3.63, 3.8) is 0 Å². The molecule has 0 saturated carbocycles. The summed E-state index contributed by atoms with van der Waals surface area (Å²) in [6.07, 6.45) is 52.3. The largest absolute Gasteiger partial charge is 0.477 e. The van der Waals surface area contributed by atoms with Crippen molar-refractivity contribution in [2.75, 3.05) is 41.0 Å². The SMILES string of the molecule is CC/C=C/C/C=C/C/C=C/C/C=C/CCCCCC(=O)OC(COCCC(C(=O)O)[N+](C)(C)C)COC(=O)CCCCCCCCCCCC/C=C/C=C/CCCCC. The summed E-state index contributed by atoms with van der Waals surface area (Å²) in [7, 11) is 5.51. The van der Waals surface area contributed by atoms with Crippen molar-refractivity contribution in [3.05, 3.63) is 72.9 Å². The molecular weight excluding hydrogens is 739 g/mol. The molecule has 0 heterocycles. The van der Waals surface area contributed by atoms with Crippen LogP contribution in [0.2, 0.25) is 0 Å². The fourth-order valence-corrected chi connectivity index (χ4v) is 6.48. The first-order valence-corrected chi connectivity index (χ1v) is 23.5. The van der Waals surface area contributed by atoms with E-state index in [1.807, 2.05) is 21.1 Å². The maximum atomic E-state index is 12.7. The second-order valence-corrected chi connectivity index (χ2v) is 16.7. The summed E-state index contributed by atoms with van der Waals surface area (Å²) in [5, 5.41) is 9.63. The van der Waals surface area contributed by atoms with E-state index in [4.69, 9.17) is 14.2 Å². The van der Waals surface area contributed by atoms with Crippen LogP contribution in [0.1, 0.15) is 181 Å². The number of unbranched alkanes of at least 4 members (excludes halogenated alkanes) is 16. The number of carbonyl (C=O) groups excluding carboxylic acids is 2. The van der Waals surface area contributed by atoms with Crippen LogP contribution in [0.3, 0.4) is 0 Å². The first-order chi connectivity index (χ1) is 28.6. The molecule has 0 aliphatic carbocycles. The Labute approximate surface area is 361 Å². The van der Waals surface area contributed by atoms with E-state index in [2.05, 4.69) is 86.8 Å². The molecule has 2 atom stereocenters. The third kappa shape index (κ3) is 40.0. The van der Waals surface area contributed by atoms with Gasteiger partial charge in [-0.2, -0.15) is 0 Å². The Morgan fingerprint density at radius 2 is 1.00 bits per heavy atom. The second kappa shape index (κ2) is 41.5. The number of carboxylic acids is 1. The van der Waals surface area contributed by atoms with Crippen LogP contribution in [0, 0.1) is 0 Å². The molecular formula is C51H88NO7+. The zero-order valence-corrected chi connectivity index (χ0v) is 38.4. The average Bonchev–Trinajstić information content (AvgIpc) is 3.19. The van der Waals surface area contributed by atoms with E-state index in [9.17, 15) is 19.5 Å². The summed E-state index contributed by atoms with van der Waals surface area (Å²) >= 11 is 0. The number of aliphatic carboxylic acids is 1. The van der Waals surface area contributed by atoms with E-state index in [-0.39, 0.29) is 42.7 Å². The first kappa shape index (κ1) is 55.8. The monoisotopic (exact) mass is 827 g/mol. The maximum absolute atomic E-state index is 12.7. The molecule has 0 aliphatic heterocycles. The number of ether oxygens (including phenoxy) is 3. The number of rotatable bonds is 41. The first-order valence-electron chi connectivity index (χ1n) is 23.5. The van der Waals surface area contributed by atoms with Crippen molar-refractivity contribution < 1.29 is 38.2 Å². The molecule has 0 aromatic heterocycles. The number of hydrogen-bond donors (Lipinski definition) is 1. The summed E-state index contributed by atoms with van der Waals surface area (Å²) in [6, 6.07) is -0.624. The highest BCUT2D eigenvalue weighted by Gasteiger charge is 2.31. The summed E-state index contributed by atoms with van der Waals surface area (Å²) < 4.78 is 17.3. The number of esters is 2. The minimum atomic E-state index is -0.883. The standard InChI is InChI=1S/C51H87NO7/c1-6-8-10-12-14-16-18-20-22-24-25-26-28-29-31-33-35-37-39-41-49(53)58-46-47(45-57-44-43-48(51(55)56)52(3,4)5)59-50(54)42-40-38-36-34-32-30-27-23-21-19-17-15-13-11-9-7-2/h9,11,14-18,20-21,23,30,32,47-48H,6-8,10,12-13,19,22,24-29,31,33-46H2,1-5H3/p+1/b11-9+,16-14+,17-15+,20-18+,23-21+,32-30+. The number of quaternary nitrogens is 1. The van der Waals surface area contributed by atoms with Crippen LogP contribution >= 0.6 is 0 Å². The lowest BCUT2D eigenvalue weighted by Gasteiger charge is -2.31. The maximum Gasteiger partial charge on any atom is 0.362 e. The molecule has 8 heteroatoms. The Hall–Kier alpha value is -3.23. The number of hydrogen-bond acceptors (Lipinski definition) is 6. The van der Waals surface area contributed by atoms with E-state index < -0.39 is 18.1 Å². The van der Waals surface area contributed by atoms with Gasteiger partial charge in [0.2, 0.25) is 0 Å². The van der Waals surface area contributed by atoms with Crippen LogP contribution in [0.4, 0.5) is 0 Å². The molecule has 0 fully saturated rings. The third-order valence-electron chi connectivity index (χ3n) is 10.1. The van der Waals surface area contributed by atoms with E-state index >= 15 is 0 Å². The van der Waals surface area contributed by atoms with E-state index in [1.165, 1.54) is 77.0 Å². The Kier molecular flexibility index (Phi) is 39.2. The number of nitrogens with zero attached hydrogens (tertiary/aromatic N) is 1. The molecule has 0 aliphatic rings. The topological polar surface area (TPSA) is 99.1 Å². The molecule has 0 spiro atoms. The lowest BCUT2D eigenvalue weighted by molar-refractivity contribution is -0.887. The van der Waals surface area contributed by atoms with Gasteiger partial charge < -0.3 is 23.8 Å². The average molecular weight is 827 g/mol. The van der Waals surface area contributed by atoms with Gasteiger partial charge in [0.15, 0.2) is 12.1 Å². The fourth-order valence-electron chi connectivity index (χ4n) is 6.48. The number of allylic oxidation sites excluding steroid dienone is 12. The number of carbonyl (C=O) groups is 3. The van der Waals surface area contributed by atoms with Crippen molar-refractivity contribution in [1.82, 2.24) is 0 Å². The van der Waals surface area contributed by atoms with E-state index in [1.54, 1.807) is 0 Å². The summed E-state index contributed by atoms with van der Waals surface area (Å²) in [5.41, 5.74) is 0. The van der Waals surface area contributed by atoms with Crippen LogP contribution in [-0.4, -0.2) is 80.6 Å². The van der Waals surface area contributed by atoms with Gasteiger partial charge in [-0.15, -0.1) is 0 Å². The van der Waals surface area contributed by atoms with Crippen LogP contribution in [0.15, 0.2) is 72.9 Å². The van der Waals surface area contributed by atoms with Crippen molar-refractivity contribution in [3.8, 4) is 0 Å². The zero-order valence-electron chi connectivity index (χ0n) is 38.4. The minimum absolute atomic E-state index is 0.0439. The van der Waals surface area contributed by atoms with Crippen LogP contribution in [0.25, 0.3) is 0 Å². The smallest absolute Gasteiger partial charge is 0.362 e. The summed E-state index contributed by atoms with van der Waals surface area (Å²) in [4.78, 5) is 37.0. The fraction of sp³-hybridized carbons (Fsp3) is 0.706. The Morgan fingerprint density at radius 1 is 0.542 bits per heavy atom. The Balaban J connectivity index is 4.35. The van der Waals surface area contributed by atoms with Crippen molar-refractivity contribution in [1.29, 1.82) is 0 Å². The molecule has 338 valence electrons. The van der Waals surface area contributed by atoms with Crippen LogP contribution in [-0.2, 0) is 28.6 Å². The van der Waals surface area contributed by atoms with Gasteiger partial charge in [-0.25, -0.2) is 4.79 Å². The van der Waals surface area contributed by atoms with Crippen LogP contribution in [0.5, 0.6) is 0 Å².